The Balaban J connectivity index is 1.12. The number of nitrogens with one attached hydrogen (secondary N) is 5. The topological polar surface area (TPSA) is 146 Å². The molecule has 0 aliphatic heterocycles. The van der Waals surface area contributed by atoms with E-state index >= 15 is 0 Å². The van der Waals surface area contributed by atoms with Crippen LogP contribution in [0, 0.1) is 5.41 Å². The SMILES string of the molecule is CCCCCNC(=N)CCNC(=O)c1cc(NC(=O)c2cc(NC(=O)c3ccc(/C=C/c4cnc5ccccc5c4)cc3)cn2C)cn1C. The van der Waals surface area contributed by atoms with E-state index in [1.165, 1.54) is 0 Å². The van der Waals surface area contributed by atoms with Gasteiger partial charge in [-0.3, -0.25) is 24.8 Å². The molecule has 252 valence electrons. The first-order valence-corrected chi connectivity index (χ1v) is 16.4. The number of aromatic nitrogens is 3. The lowest BCUT2D eigenvalue weighted by Gasteiger charge is -2.09. The van der Waals surface area contributed by atoms with Gasteiger partial charge in [-0.15, -0.1) is 0 Å². The van der Waals surface area contributed by atoms with Gasteiger partial charge in [0.05, 0.1) is 22.7 Å². The quantitative estimate of drug-likeness (QED) is 0.0528. The third-order valence-corrected chi connectivity index (χ3v) is 8.02. The van der Waals surface area contributed by atoms with Crippen molar-refractivity contribution >= 4 is 58.0 Å². The molecule has 5 N–H and O–H groups in total. The van der Waals surface area contributed by atoms with Crippen LogP contribution in [-0.4, -0.2) is 50.8 Å². The van der Waals surface area contributed by atoms with E-state index < -0.39 is 0 Å². The van der Waals surface area contributed by atoms with Crippen LogP contribution in [0.4, 0.5) is 11.4 Å². The summed E-state index contributed by atoms with van der Waals surface area (Å²) >= 11 is 0. The van der Waals surface area contributed by atoms with E-state index in [2.05, 4.69) is 39.2 Å². The summed E-state index contributed by atoms with van der Waals surface area (Å²) in [6.07, 6.45) is 12.8. The smallest absolute Gasteiger partial charge is 0.272 e. The highest BCUT2D eigenvalue weighted by Crippen LogP contribution is 2.19. The normalized spacial score (nSPS) is 11.1. The largest absolute Gasteiger partial charge is 0.374 e. The Kier molecular flexibility index (Phi) is 11.4. The first-order valence-electron chi connectivity index (χ1n) is 16.4. The van der Waals surface area contributed by atoms with Crippen LogP contribution in [0.15, 0.2) is 85.3 Å². The molecule has 0 spiro atoms. The lowest BCUT2D eigenvalue weighted by atomic mass is 10.1. The number of para-hydroxylation sites is 1. The minimum absolute atomic E-state index is 0.295. The second kappa shape index (κ2) is 16.2. The highest BCUT2D eigenvalue weighted by atomic mass is 16.2. The molecule has 0 fully saturated rings. The Hall–Kier alpha value is -5.97. The number of carbonyl (C=O) groups excluding carboxylic acids is 3. The van der Waals surface area contributed by atoms with Gasteiger partial charge in [-0.25, -0.2) is 0 Å². The Bertz CT molecular complexity index is 1990. The summed E-state index contributed by atoms with van der Waals surface area (Å²) in [6.45, 7) is 3.22. The number of carbonyl (C=O) groups is 3. The fourth-order valence-corrected chi connectivity index (χ4v) is 5.33. The number of amides is 3. The highest BCUT2D eigenvalue weighted by molar-refractivity contribution is 6.07. The summed E-state index contributed by atoms with van der Waals surface area (Å²) in [5, 5.41) is 20.7. The van der Waals surface area contributed by atoms with Gasteiger partial charge in [0.25, 0.3) is 17.7 Å². The molecule has 3 heterocycles. The van der Waals surface area contributed by atoms with Crippen LogP contribution in [0.1, 0.15) is 75.1 Å². The maximum atomic E-state index is 13.1. The molecule has 11 nitrogen and oxygen atoms in total. The number of hydrogen-bond donors (Lipinski definition) is 5. The number of nitrogens with zero attached hydrogens (tertiary/aromatic N) is 3. The molecule has 0 unspecified atom stereocenters. The molecule has 0 saturated carbocycles. The van der Waals surface area contributed by atoms with Crippen LogP contribution in [-0.2, 0) is 14.1 Å². The summed E-state index contributed by atoms with van der Waals surface area (Å²) in [6, 6.07) is 20.5. The van der Waals surface area contributed by atoms with Crippen LogP contribution in [0.3, 0.4) is 0 Å². The molecule has 0 radical (unpaired) electrons. The van der Waals surface area contributed by atoms with Crippen molar-refractivity contribution in [2.45, 2.75) is 32.6 Å². The van der Waals surface area contributed by atoms with Crippen molar-refractivity contribution in [3.8, 4) is 0 Å². The van der Waals surface area contributed by atoms with Crippen LogP contribution >= 0.6 is 0 Å². The molecular formula is C38H42N8O3. The maximum absolute atomic E-state index is 13.1. The van der Waals surface area contributed by atoms with Gasteiger partial charge in [0.1, 0.15) is 11.4 Å². The van der Waals surface area contributed by atoms with Crippen LogP contribution in [0.5, 0.6) is 0 Å². The van der Waals surface area contributed by atoms with Gasteiger partial charge >= 0.3 is 0 Å². The third kappa shape index (κ3) is 9.32. The fourth-order valence-electron chi connectivity index (χ4n) is 5.33. The lowest BCUT2D eigenvalue weighted by Crippen LogP contribution is -2.31. The number of fused-ring (bicyclic) bond motifs is 1. The lowest BCUT2D eigenvalue weighted by molar-refractivity contribution is 0.0945. The van der Waals surface area contributed by atoms with E-state index in [-0.39, 0.29) is 17.7 Å². The Labute approximate surface area is 285 Å². The van der Waals surface area contributed by atoms with Crippen molar-refractivity contribution in [3.63, 3.8) is 0 Å². The minimum atomic E-state index is -0.388. The van der Waals surface area contributed by atoms with E-state index in [9.17, 15) is 14.4 Å². The van der Waals surface area contributed by atoms with Crippen molar-refractivity contribution in [2.75, 3.05) is 23.7 Å². The van der Waals surface area contributed by atoms with Gasteiger partial charge in [0.2, 0.25) is 0 Å². The molecule has 49 heavy (non-hydrogen) atoms. The number of benzene rings is 2. The maximum Gasteiger partial charge on any atom is 0.272 e. The number of anilines is 2. The molecule has 0 aliphatic carbocycles. The summed E-state index contributed by atoms with van der Waals surface area (Å²) in [5.74, 6) is -0.586. The number of rotatable bonds is 14. The Morgan fingerprint density at radius 2 is 1.41 bits per heavy atom. The van der Waals surface area contributed by atoms with E-state index in [0.717, 1.165) is 47.8 Å². The first kappa shape index (κ1) is 34.4. The standard InChI is InChI=1S/C38H42N8O3/c1-4-5-8-18-40-35(39)17-19-41-37(48)33-21-31(25-45(33)2)44-38(49)34-22-30(24-46(34)3)43-36(47)28-15-13-26(14-16-28)11-12-27-20-29-9-6-7-10-32(29)42-23-27/h6-7,9-16,20-25H,4-5,8,17-19H2,1-3H3,(H2,39,40)(H,41,48)(H,43,47)(H,44,49)/b12-11+. The third-order valence-electron chi connectivity index (χ3n) is 8.02. The molecular weight excluding hydrogens is 616 g/mol. The van der Waals surface area contributed by atoms with Crippen molar-refractivity contribution in [1.82, 2.24) is 24.8 Å². The molecule has 3 amide bonds. The summed E-state index contributed by atoms with van der Waals surface area (Å²) in [5.41, 5.74) is 5.00. The molecule has 0 aliphatic rings. The zero-order valence-electron chi connectivity index (χ0n) is 28.0. The van der Waals surface area contributed by atoms with Gasteiger partial charge in [-0.2, -0.15) is 0 Å². The van der Waals surface area contributed by atoms with Gasteiger partial charge in [0.15, 0.2) is 0 Å². The second-order valence-corrected chi connectivity index (χ2v) is 11.9. The summed E-state index contributed by atoms with van der Waals surface area (Å²) in [4.78, 5) is 43.4. The van der Waals surface area contributed by atoms with Crippen molar-refractivity contribution in [3.05, 3.63) is 113 Å². The molecule has 0 bridgehead atoms. The zero-order chi connectivity index (χ0) is 34.8. The van der Waals surface area contributed by atoms with Crippen molar-refractivity contribution in [1.29, 1.82) is 5.41 Å². The Morgan fingerprint density at radius 1 is 0.755 bits per heavy atom. The number of pyridine rings is 1. The Morgan fingerprint density at radius 3 is 2.12 bits per heavy atom. The zero-order valence-corrected chi connectivity index (χ0v) is 28.0. The minimum Gasteiger partial charge on any atom is -0.374 e. The molecule has 3 aromatic heterocycles. The monoisotopic (exact) mass is 658 g/mol. The van der Waals surface area contributed by atoms with Gasteiger partial charge in [-0.1, -0.05) is 62.2 Å². The average Bonchev–Trinajstić information content (AvgIpc) is 3.66. The van der Waals surface area contributed by atoms with Crippen LogP contribution < -0.4 is 21.3 Å². The number of hydrogen-bond acceptors (Lipinski definition) is 5. The molecule has 5 aromatic rings. The summed E-state index contributed by atoms with van der Waals surface area (Å²) in [7, 11) is 3.44. The van der Waals surface area contributed by atoms with Gasteiger partial charge < -0.3 is 30.4 Å². The van der Waals surface area contributed by atoms with Gasteiger partial charge in [0, 0.05) is 63.1 Å². The molecule has 5 rings (SSSR count). The van der Waals surface area contributed by atoms with E-state index in [1.54, 1.807) is 59.9 Å². The predicted molar refractivity (Wildman–Crippen MR) is 196 cm³/mol. The van der Waals surface area contributed by atoms with Crippen molar-refractivity contribution < 1.29 is 14.4 Å². The second-order valence-electron chi connectivity index (χ2n) is 11.9. The number of amidine groups is 1. The molecule has 0 saturated heterocycles. The summed E-state index contributed by atoms with van der Waals surface area (Å²) < 4.78 is 3.26. The highest BCUT2D eigenvalue weighted by Gasteiger charge is 2.17. The average molecular weight is 659 g/mol. The van der Waals surface area contributed by atoms with E-state index in [1.807, 2.05) is 54.7 Å². The number of aryl methyl sites for hydroxylation is 2. The van der Waals surface area contributed by atoms with E-state index in [4.69, 9.17) is 5.41 Å². The molecule has 0 atom stereocenters. The molecule has 11 heteroatoms. The van der Waals surface area contributed by atoms with Crippen LogP contribution in [0.25, 0.3) is 23.1 Å². The fraction of sp³-hybridized carbons (Fsp3) is 0.237. The molecule has 2 aromatic carbocycles. The number of unbranched alkanes of at least 4 members (excludes halogenated alkanes) is 2. The predicted octanol–water partition coefficient (Wildman–Crippen LogP) is 6.46. The van der Waals surface area contributed by atoms with Crippen LogP contribution in [0.2, 0.25) is 0 Å². The van der Waals surface area contributed by atoms with E-state index in [0.29, 0.717) is 47.1 Å². The first-order chi connectivity index (χ1) is 23.7. The van der Waals surface area contributed by atoms with Crippen molar-refractivity contribution in [2.24, 2.45) is 14.1 Å². The van der Waals surface area contributed by atoms with Gasteiger partial charge in [-0.05, 0) is 53.9 Å².